The Bertz CT molecular complexity index is 879. The summed E-state index contributed by atoms with van der Waals surface area (Å²) in [6.45, 7) is 8.71. The smallest absolute Gasteiger partial charge is 0.338 e. The van der Waals surface area contributed by atoms with Gasteiger partial charge in [0.05, 0.1) is 18.1 Å². The third-order valence-corrected chi connectivity index (χ3v) is 8.09. The molecule has 2 aliphatic heterocycles. The van der Waals surface area contributed by atoms with Crippen LogP contribution in [-0.4, -0.2) is 17.2 Å². The highest BCUT2D eigenvalue weighted by Crippen LogP contribution is 2.63. The average molecular weight is 397 g/mol. The first-order chi connectivity index (χ1) is 13.8. The summed E-state index contributed by atoms with van der Waals surface area (Å²) in [6.07, 6.45) is 12.2. The molecule has 0 amide bonds. The van der Waals surface area contributed by atoms with Gasteiger partial charge in [-0.3, -0.25) is 0 Å². The third-order valence-electron chi connectivity index (χ3n) is 8.09. The fourth-order valence-corrected chi connectivity index (χ4v) is 6.74. The molecule has 4 aliphatic rings. The summed E-state index contributed by atoms with van der Waals surface area (Å²) in [5, 5.41) is 0. The van der Waals surface area contributed by atoms with E-state index in [1.54, 1.807) is 6.26 Å². The van der Waals surface area contributed by atoms with Crippen LogP contribution in [0.25, 0.3) is 0 Å². The number of rotatable bonds is 4. The molecule has 1 aromatic heterocycles. The van der Waals surface area contributed by atoms with E-state index in [4.69, 9.17) is 13.9 Å². The van der Waals surface area contributed by atoms with Crippen molar-refractivity contribution in [3.63, 3.8) is 0 Å². The lowest BCUT2D eigenvalue weighted by atomic mass is 9.59. The van der Waals surface area contributed by atoms with Crippen LogP contribution >= 0.6 is 0 Å². The van der Waals surface area contributed by atoms with Gasteiger partial charge >= 0.3 is 5.97 Å². The molecule has 1 saturated carbocycles. The zero-order chi connectivity index (χ0) is 20.4. The molecule has 0 radical (unpaired) electrons. The van der Waals surface area contributed by atoms with Gasteiger partial charge in [0.2, 0.25) is 0 Å². The lowest BCUT2D eigenvalue weighted by molar-refractivity contribution is -0.190. The number of esters is 1. The Hall–Kier alpha value is -1.97. The van der Waals surface area contributed by atoms with Crippen LogP contribution in [0.15, 0.2) is 46.0 Å². The van der Waals surface area contributed by atoms with E-state index >= 15 is 0 Å². The minimum absolute atomic E-state index is 0.182. The van der Waals surface area contributed by atoms with Gasteiger partial charge in [0.1, 0.15) is 5.60 Å². The van der Waals surface area contributed by atoms with Crippen LogP contribution in [0, 0.1) is 23.7 Å². The Labute approximate surface area is 173 Å². The van der Waals surface area contributed by atoms with Gasteiger partial charge in [0, 0.05) is 11.8 Å². The van der Waals surface area contributed by atoms with E-state index in [0.29, 0.717) is 23.3 Å². The lowest BCUT2D eigenvalue weighted by Gasteiger charge is -2.55. The number of carbonyl (C=O) groups is 1. The largest absolute Gasteiger partial charge is 0.487 e. The summed E-state index contributed by atoms with van der Waals surface area (Å²) in [7, 11) is 0. The molecule has 1 saturated heterocycles. The van der Waals surface area contributed by atoms with E-state index in [1.165, 1.54) is 24.0 Å². The minimum Gasteiger partial charge on any atom is -0.487 e. The maximum Gasteiger partial charge on any atom is 0.338 e. The zero-order valence-corrected chi connectivity index (χ0v) is 18.0. The van der Waals surface area contributed by atoms with E-state index in [0.717, 1.165) is 31.4 Å². The normalized spacial score (nSPS) is 40.7. The van der Waals surface area contributed by atoms with E-state index < -0.39 is 5.60 Å². The van der Waals surface area contributed by atoms with Crippen molar-refractivity contribution >= 4 is 5.97 Å². The number of hydrogen-bond acceptors (Lipinski definition) is 4. The molecule has 4 nitrogen and oxygen atoms in total. The molecule has 2 fully saturated rings. The van der Waals surface area contributed by atoms with Gasteiger partial charge in [-0.1, -0.05) is 18.6 Å². The van der Waals surface area contributed by atoms with Gasteiger partial charge in [0.25, 0.3) is 0 Å². The minimum atomic E-state index is -0.578. The third kappa shape index (κ3) is 2.74. The summed E-state index contributed by atoms with van der Waals surface area (Å²) >= 11 is 0. The highest BCUT2D eigenvalue weighted by atomic mass is 16.6. The molecule has 1 spiro atoms. The van der Waals surface area contributed by atoms with Crippen molar-refractivity contribution in [2.75, 3.05) is 0 Å². The van der Waals surface area contributed by atoms with Crippen LogP contribution in [0.2, 0.25) is 0 Å². The van der Waals surface area contributed by atoms with Crippen molar-refractivity contribution < 1.29 is 18.7 Å². The van der Waals surface area contributed by atoms with Crippen LogP contribution in [0.4, 0.5) is 0 Å². The van der Waals surface area contributed by atoms with E-state index in [-0.39, 0.29) is 17.5 Å². The van der Waals surface area contributed by atoms with Crippen molar-refractivity contribution in [1.29, 1.82) is 0 Å². The molecule has 6 atom stereocenters. The Morgan fingerprint density at radius 2 is 2.03 bits per heavy atom. The quantitative estimate of drug-likeness (QED) is 0.492. The highest BCUT2D eigenvalue weighted by molar-refractivity contribution is 5.92. The predicted octanol–water partition coefficient (Wildman–Crippen LogP) is 5.59. The van der Waals surface area contributed by atoms with Gasteiger partial charge < -0.3 is 13.9 Å². The molecule has 2 unspecified atom stereocenters. The molecular weight excluding hydrogens is 364 g/mol. The standard InChI is InChI=1S/C25H32O4/c1-15-7-8-20-16(2)12-19-13-24(4,10-5-6-18-9-11-27-14-18)28-22-17(3)23(26)29-25(19,22)21(15)20/h9,11-12,14-15,19-21H,5-8,10,13H2,1-4H3/t15?,19-,20-,21?,24-,25-/m0/s1. The Morgan fingerprint density at radius 3 is 2.79 bits per heavy atom. The van der Waals surface area contributed by atoms with Crippen molar-refractivity contribution in [2.45, 2.75) is 77.4 Å². The molecule has 0 aromatic carbocycles. The summed E-state index contributed by atoms with van der Waals surface area (Å²) in [4.78, 5) is 12.8. The fraction of sp³-hybridized carbons (Fsp3) is 0.640. The number of carbonyl (C=O) groups excluding carboxylic acids is 1. The molecular formula is C25H32O4. The summed E-state index contributed by atoms with van der Waals surface area (Å²) in [6, 6.07) is 2.03. The summed E-state index contributed by atoms with van der Waals surface area (Å²) < 4.78 is 18.2. The first kappa shape index (κ1) is 19.0. The van der Waals surface area contributed by atoms with Crippen molar-refractivity contribution in [3.8, 4) is 0 Å². The van der Waals surface area contributed by atoms with E-state index in [9.17, 15) is 4.79 Å². The highest BCUT2D eigenvalue weighted by Gasteiger charge is 2.67. The molecule has 3 heterocycles. The first-order valence-electron chi connectivity index (χ1n) is 11.2. The molecule has 1 aromatic rings. The second kappa shape index (κ2) is 6.52. The van der Waals surface area contributed by atoms with Crippen LogP contribution in [0.5, 0.6) is 0 Å². The molecule has 5 rings (SSSR count). The second-order valence-electron chi connectivity index (χ2n) is 10.1. The van der Waals surface area contributed by atoms with Gasteiger partial charge in [0.15, 0.2) is 11.4 Å². The van der Waals surface area contributed by atoms with E-state index in [2.05, 4.69) is 26.8 Å². The number of ether oxygens (including phenoxy) is 2. The molecule has 2 aliphatic carbocycles. The molecule has 4 heteroatoms. The van der Waals surface area contributed by atoms with Crippen molar-refractivity contribution in [2.24, 2.45) is 23.7 Å². The Morgan fingerprint density at radius 1 is 1.21 bits per heavy atom. The van der Waals surface area contributed by atoms with Gasteiger partial charge in [-0.05, 0) is 82.8 Å². The van der Waals surface area contributed by atoms with Crippen molar-refractivity contribution in [1.82, 2.24) is 0 Å². The topological polar surface area (TPSA) is 48.7 Å². The molecule has 0 N–H and O–H groups in total. The van der Waals surface area contributed by atoms with Gasteiger partial charge in [-0.25, -0.2) is 4.79 Å². The second-order valence-corrected chi connectivity index (χ2v) is 10.1. The Balaban J connectivity index is 1.48. The summed E-state index contributed by atoms with van der Waals surface area (Å²) in [5.41, 5.74) is 2.53. The SMILES string of the molecule is CC1=C[C@H]2C[C@](C)(CCCc3ccoc3)OC3=C(C)C(=O)O[C@@]32C2C(C)CC[C@@H]12. The number of allylic oxidation sites excluding steroid dienone is 1. The zero-order valence-electron chi connectivity index (χ0n) is 18.0. The van der Waals surface area contributed by atoms with Crippen LogP contribution in [-0.2, 0) is 20.7 Å². The maximum atomic E-state index is 12.8. The lowest BCUT2D eigenvalue weighted by Crippen LogP contribution is -2.59. The van der Waals surface area contributed by atoms with Crippen LogP contribution in [0.1, 0.15) is 65.4 Å². The number of hydrogen-bond donors (Lipinski definition) is 0. The Kier molecular flexibility index (Phi) is 4.27. The molecule has 29 heavy (non-hydrogen) atoms. The van der Waals surface area contributed by atoms with Gasteiger partial charge in [-0.15, -0.1) is 0 Å². The fourth-order valence-electron chi connectivity index (χ4n) is 6.74. The number of aryl methyl sites for hydroxylation is 1. The number of fused-ring (bicyclic) bond motifs is 1. The average Bonchev–Trinajstić information content (AvgIpc) is 3.37. The van der Waals surface area contributed by atoms with Gasteiger partial charge in [-0.2, -0.15) is 0 Å². The predicted molar refractivity (Wildman–Crippen MR) is 110 cm³/mol. The number of furan rings is 1. The maximum absolute atomic E-state index is 12.8. The molecule has 156 valence electrons. The van der Waals surface area contributed by atoms with E-state index in [1.807, 2.05) is 19.3 Å². The molecule has 0 bridgehead atoms. The van der Waals surface area contributed by atoms with Crippen LogP contribution < -0.4 is 0 Å². The monoisotopic (exact) mass is 396 g/mol. The van der Waals surface area contributed by atoms with Crippen LogP contribution in [0.3, 0.4) is 0 Å². The first-order valence-corrected chi connectivity index (χ1v) is 11.2. The van der Waals surface area contributed by atoms with Crippen molar-refractivity contribution in [3.05, 3.63) is 47.1 Å². The summed E-state index contributed by atoms with van der Waals surface area (Å²) in [5.74, 6) is 2.24.